The molecule has 2 aromatic rings. The molecule has 3 N–H and O–H groups in total. The van der Waals surface area contributed by atoms with Gasteiger partial charge in [-0.3, -0.25) is 4.57 Å². The molecule has 4 rings (SSSR count). The molecular weight excluding hydrogens is 386 g/mol. The summed E-state index contributed by atoms with van der Waals surface area (Å²) in [6.07, 6.45) is -8.04. The molecular formula is C16H19F4N5O3. The van der Waals surface area contributed by atoms with Gasteiger partial charge in [-0.05, 0) is 25.7 Å². The standard InChI is InChI=1S/C16H19F4N5O3/c1-6(7-2-3-7)22-12-10-13(24-15(23-12)16(18,19)20)25(5-21-10)14-9(17)11(27)8(4-26)28-14/h5-9,11,14,26-27H,2-4H2,1H3,(H,22,23,24)/t6?,8-,9?,11?,14-/m1/s1. The van der Waals surface area contributed by atoms with Crippen LogP contribution in [-0.2, 0) is 10.9 Å². The van der Waals surface area contributed by atoms with E-state index in [4.69, 9.17) is 4.74 Å². The predicted octanol–water partition coefficient (Wildman–Crippen LogP) is 1.64. The molecule has 0 bridgehead atoms. The summed E-state index contributed by atoms with van der Waals surface area (Å²) < 4.78 is 60.7. The van der Waals surface area contributed by atoms with Crippen LogP contribution in [0.1, 0.15) is 31.8 Å². The van der Waals surface area contributed by atoms with Gasteiger partial charge in [0, 0.05) is 6.04 Å². The molecule has 0 amide bonds. The van der Waals surface area contributed by atoms with Gasteiger partial charge in [0.05, 0.1) is 12.9 Å². The lowest BCUT2D eigenvalue weighted by atomic mass is 10.1. The van der Waals surface area contributed by atoms with Gasteiger partial charge in [0.15, 0.2) is 29.4 Å². The number of rotatable bonds is 5. The fraction of sp³-hybridized carbons (Fsp3) is 0.688. The molecule has 0 spiro atoms. The second-order valence-electron chi connectivity index (χ2n) is 7.17. The molecule has 2 fully saturated rings. The van der Waals surface area contributed by atoms with Crippen LogP contribution in [0.3, 0.4) is 0 Å². The highest BCUT2D eigenvalue weighted by molar-refractivity contribution is 5.83. The van der Waals surface area contributed by atoms with Gasteiger partial charge < -0.3 is 20.3 Å². The van der Waals surface area contributed by atoms with Crippen molar-refractivity contribution in [1.82, 2.24) is 19.5 Å². The zero-order valence-electron chi connectivity index (χ0n) is 14.8. The Labute approximate surface area is 156 Å². The van der Waals surface area contributed by atoms with E-state index in [9.17, 15) is 27.8 Å². The van der Waals surface area contributed by atoms with E-state index in [-0.39, 0.29) is 23.0 Å². The molecule has 2 aliphatic rings. The number of hydrogen-bond donors (Lipinski definition) is 3. The number of ether oxygens (including phenoxy) is 1. The smallest absolute Gasteiger partial charge is 0.394 e. The minimum absolute atomic E-state index is 0.0400. The van der Waals surface area contributed by atoms with Crippen LogP contribution < -0.4 is 5.32 Å². The molecule has 12 heteroatoms. The number of hydrogen-bond acceptors (Lipinski definition) is 7. The molecule has 28 heavy (non-hydrogen) atoms. The van der Waals surface area contributed by atoms with Crippen molar-refractivity contribution in [3.8, 4) is 0 Å². The number of fused-ring (bicyclic) bond motifs is 1. The Bertz CT molecular complexity index is 872. The van der Waals surface area contributed by atoms with Gasteiger partial charge in [-0.25, -0.2) is 19.3 Å². The zero-order chi connectivity index (χ0) is 20.2. The van der Waals surface area contributed by atoms with E-state index >= 15 is 0 Å². The van der Waals surface area contributed by atoms with Gasteiger partial charge in [0.1, 0.15) is 12.2 Å². The maximum atomic E-state index is 14.5. The summed E-state index contributed by atoms with van der Waals surface area (Å²) >= 11 is 0. The molecule has 3 unspecified atom stereocenters. The second-order valence-corrected chi connectivity index (χ2v) is 7.17. The first kappa shape index (κ1) is 19.3. The minimum atomic E-state index is -4.82. The van der Waals surface area contributed by atoms with Gasteiger partial charge in [-0.1, -0.05) is 0 Å². The SMILES string of the molecule is CC(Nc1nc(C(F)(F)F)nc2c1ncn2[C@@H]1O[C@H](CO)C(O)C1F)C1CC1. The van der Waals surface area contributed by atoms with Crippen LogP contribution in [0.4, 0.5) is 23.4 Å². The van der Waals surface area contributed by atoms with E-state index in [1.165, 1.54) is 0 Å². The van der Waals surface area contributed by atoms with Crippen molar-refractivity contribution in [2.24, 2.45) is 5.92 Å². The normalized spacial score (nSPS) is 29.4. The summed E-state index contributed by atoms with van der Waals surface area (Å²) in [6.45, 7) is 1.20. The van der Waals surface area contributed by atoms with E-state index in [1.54, 1.807) is 0 Å². The van der Waals surface area contributed by atoms with Crippen molar-refractivity contribution in [1.29, 1.82) is 0 Å². The molecule has 1 aliphatic heterocycles. The van der Waals surface area contributed by atoms with Crippen molar-refractivity contribution < 1.29 is 32.5 Å². The number of imidazole rings is 1. The Kier molecular flexibility index (Phi) is 4.67. The van der Waals surface area contributed by atoms with Crippen LogP contribution in [0.5, 0.6) is 0 Å². The van der Waals surface area contributed by atoms with Crippen LogP contribution in [-0.4, -0.2) is 60.8 Å². The topological polar surface area (TPSA) is 105 Å². The number of halogens is 4. The van der Waals surface area contributed by atoms with Gasteiger partial charge >= 0.3 is 6.18 Å². The summed E-state index contributed by atoms with van der Waals surface area (Å²) in [5.74, 6) is -1.14. The van der Waals surface area contributed by atoms with E-state index in [1.807, 2.05) is 6.92 Å². The largest absolute Gasteiger partial charge is 0.451 e. The number of anilines is 1. The molecule has 2 aromatic heterocycles. The number of nitrogens with zero attached hydrogens (tertiary/aromatic N) is 4. The monoisotopic (exact) mass is 405 g/mol. The lowest BCUT2D eigenvalue weighted by Gasteiger charge is -2.17. The quantitative estimate of drug-likeness (QED) is 0.650. The van der Waals surface area contributed by atoms with E-state index in [2.05, 4.69) is 20.3 Å². The van der Waals surface area contributed by atoms with Crippen molar-refractivity contribution in [2.45, 2.75) is 56.6 Å². The van der Waals surface area contributed by atoms with E-state index in [0.29, 0.717) is 5.92 Å². The summed E-state index contributed by atoms with van der Waals surface area (Å²) in [4.78, 5) is 11.2. The molecule has 0 aromatic carbocycles. The summed E-state index contributed by atoms with van der Waals surface area (Å²) in [7, 11) is 0. The van der Waals surface area contributed by atoms with Gasteiger partial charge in [0.25, 0.3) is 0 Å². The van der Waals surface area contributed by atoms with Gasteiger partial charge in [-0.15, -0.1) is 0 Å². The number of nitrogens with one attached hydrogen (secondary N) is 1. The average molecular weight is 405 g/mol. The third-order valence-electron chi connectivity index (χ3n) is 5.12. The molecule has 1 saturated carbocycles. The highest BCUT2D eigenvalue weighted by Gasteiger charge is 2.46. The highest BCUT2D eigenvalue weighted by Crippen LogP contribution is 2.38. The maximum absolute atomic E-state index is 14.5. The lowest BCUT2D eigenvalue weighted by molar-refractivity contribution is -0.144. The third-order valence-corrected chi connectivity index (χ3v) is 5.12. The number of aromatic nitrogens is 4. The first-order valence-electron chi connectivity index (χ1n) is 8.87. The first-order valence-corrected chi connectivity index (χ1v) is 8.87. The van der Waals surface area contributed by atoms with Crippen molar-refractivity contribution >= 4 is 17.0 Å². The summed E-state index contributed by atoms with van der Waals surface area (Å²) in [5.41, 5.74) is -0.232. The number of aliphatic hydroxyl groups is 2. The zero-order valence-corrected chi connectivity index (χ0v) is 14.8. The molecule has 8 nitrogen and oxygen atoms in total. The maximum Gasteiger partial charge on any atom is 0.451 e. The molecule has 3 heterocycles. The van der Waals surface area contributed by atoms with Crippen LogP contribution in [0.15, 0.2) is 6.33 Å². The number of alkyl halides is 4. The van der Waals surface area contributed by atoms with Crippen molar-refractivity contribution in [2.75, 3.05) is 11.9 Å². The fourth-order valence-electron chi connectivity index (χ4n) is 3.34. The second kappa shape index (κ2) is 6.78. The Morgan fingerprint density at radius 1 is 1.36 bits per heavy atom. The van der Waals surface area contributed by atoms with Gasteiger partial charge in [-0.2, -0.15) is 13.2 Å². The Hall–Kier alpha value is -2.05. The van der Waals surface area contributed by atoms with Gasteiger partial charge in [0.2, 0.25) is 5.82 Å². The summed E-state index contributed by atoms with van der Waals surface area (Å²) in [6, 6.07) is -0.110. The van der Waals surface area contributed by atoms with Crippen LogP contribution in [0.25, 0.3) is 11.2 Å². The molecule has 1 saturated heterocycles. The van der Waals surface area contributed by atoms with Crippen LogP contribution in [0.2, 0.25) is 0 Å². The molecule has 154 valence electrons. The fourth-order valence-corrected chi connectivity index (χ4v) is 3.34. The Morgan fingerprint density at radius 3 is 2.64 bits per heavy atom. The first-order chi connectivity index (χ1) is 13.2. The Morgan fingerprint density at radius 2 is 2.07 bits per heavy atom. The van der Waals surface area contributed by atoms with Crippen molar-refractivity contribution in [3.63, 3.8) is 0 Å². The lowest BCUT2D eigenvalue weighted by Crippen LogP contribution is -2.30. The molecule has 0 radical (unpaired) electrons. The Balaban J connectivity index is 1.78. The van der Waals surface area contributed by atoms with Crippen LogP contribution >= 0.6 is 0 Å². The third kappa shape index (κ3) is 3.29. The average Bonchev–Trinajstić information content (AvgIpc) is 3.35. The highest BCUT2D eigenvalue weighted by atomic mass is 19.4. The predicted molar refractivity (Wildman–Crippen MR) is 88.0 cm³/mol. The van der Waals surface area contributed by atoms with Crippen molar-refractivity contribution in [3.05, 3.63) is 12.2 Å². The summed E-state index contributed by atoms with van der Waals surface area (Å²) in [5, 5.41) is 21.9. The molecule has 1 aliphatic carbocycles. The number of aliphatic hydroxyl groups excluding tert-OH is 2. The molecule has 5 atom stereocenters. The van der Waals surface area contributed by atoms with E-state index < -0.39 is 43.2 Å². The minimum Gasteiger partial charge on any atom is -0.394 e. The van der Waals surface area contributed by atoms with E-state index in [0.717, 1.165) is 23.7 Å². The van der Waals surface area contributed by atoms with Crippen LogP contribution in [0, 0.1) is 5.92 Å².